The van der Waals surface area contributed by atoms with Crippen LogP contribution in [0.2, 0.25) is 5.02 Å². The van der Waals surface area contributed by atoms with Crippen LogP contribution in [0.5, 0.6) is 11.5 Å². The smallest absolute Gasteiger partial charge is 0.323 e. The third-order valence-electron chi connectivity index (χ3n) is 4.82. The maximum atomic E-state index is 12.4. The lowest BCUT2D eigenvalue weighted by Crippen LogP contribution is -2.41. The number of rotatable bonds is 6. The van der Waals surface area contributed by atoms with Crippen LogP contribution in [-0.2, 0) is 4.79 Å². The van der Waals surface area contributed by atoms with E-state index < -0.39 is 6.03 Å². The Labute approximate surface area is 190 Å². The molecular formula is C24H22ClN3O4. The molecule has 0 radical (unpaired) electrons. The molecule has 0 bridgehead atoms. The monoisotopic (exact) mass is 451 g/mol. The second-order valence-electron chi connectivity index (χ2n) is 7.27. The number of nitrogens with one attached hydrogen (secondary N) is 2. The third-order valence-corrected chi connectivity index (χ3v) is 5.05. The van der Waals surface area contributed by atoms with Crippen LogP contribution >= 0.6 is 11.6 Å². The van der Waals surface area contributed by atoms with Crippen molar-refractivity contribution in [2.75, 3.05) is 35.3 Å². The number of aryl methyl sites for hydroxylation is 1. The van der Waals surface area contributed by atoms with Crippen LogP contribution < -0.4 is 25.0 Å². The molecule has 0 saturated carbocycles. The number of benzene rings is 3. The van der Waals surface area contributed by atoms with Gasteiger partial charge in [-0.3, -0.25) is 4.79 Å². The molecule has 7 nitrogen and oxygen atoms in total. The highest BCUT2D eigenvalue weighted by atomic mass is 35.5. The van der Waals surface area contributed by atoms with Gasteiger partial charge in [0.25, 0.3) is 5.91 Å². The lowest BCUT2D eigenvalue weighted by Gasteiger charge is -2.29. The first-order chi connectivity index (χ1) is 15.5. The molecular weight excluding hydrogens is 430 g/mol. The number of urea groups is 1. The number of hydrogen-bond acceptors (Lipinski definition) is 4. The number of carbonyl (C=O) groups excluding carboxylic acids is 2. The van der Waals surface area contributed by atoms with Crippen molar-refractivity contribution in [1.29, 1.82) is 0 Å². The van der Waals surface area contributed by atoms with Gasteiger partial charge in [0.15, 0.2) is 6.61 Å². The van der Waals surface area contributed by atoms with Crippen molar-refractivity contribution < 1.29 is 19.1 Å². The first-order valence-electron chi connectivity index (χ1n) is 10.1. The molecule has 0 aliphatic carbocycles. The molecule has 164 valence electrons. The van der Waals surface area contributed by atoms with E-state index in [0.717, 1.165) is 11.3 Å². The topological polar surface area (TPSA) is 79.9 Å². The molecule has 0 saturated heterocycles. The fourth-order valence-corrected chi connectivity index (χ4v) is 3.54. The Morgan fingerprint density at radius 1 is 1.06 bits per heavy atom. The minimum Gasteiger partial charge on any atom is -0.492 e. The van der Waals surface area contributed by atoms with E-state index in [2.05, 4.69) is 10.6 Å². The fraction of sp³-hybridized carbons (Fsp3) is 0.167. The lowest BCUT2D eigenvalue weighted by molar-refractivity contribution is -0.121. The molecule has 1 aliphatic rings. The van der Waals surface area contributed by atoms with Gasteiger partial charge in [0.05, 0.1) is 12.2 Å². The highest BCUT2D eigenvalue weighted by Crippen LogP contribution is 2.34. The summed E-state index contributed by atoms with van der Waals surface area (Å²) in [5.41, 5.74) is 2.85. The zero-order valence-electron chi connectivity index (χ0n) is 17.4. The van der Waals surface area contributed by atoms with E-state index >= 15 is 0 Å². The van der Waals surface area contributed by atoms with Crippen molar-refractivity contribution in [2.24, 2.45) is 0 Å². The number of carbonyl (C=O) groups is 2. The van der Waals surface area contributed by atoms with E-state index in [-0.39, 0.29) is 12.5 Å². The maximum absolute atomic E-state index is 12.4. The number of fused-ring (bicyclic) bond motifs is 1. The Kier molecular flexibility index (Phi) is 6.47. The zero-order valence-corrected chi connectivity index (χ0v) is 18.2. The predicted octanol–water partition coefficient (Wildman–Crippen LogP) is 5.10. The first-order valence-corrected chi connectivity index (χ1v) is 10.5. The standard InChI is InChI=1S/C24H22ClN3O4/c1-16-4-2-7-20(12-16)31-11-10-28-21-9-8-19(14-22(21)32-15-23(28)29)27-24(30)26-18-6-3-5-17(25)13-18/h2-9,12-14H,10-11,15H2,1H3,(H2,26,27,30). The van der Waals surface area contributed by atoms with Crippen molar-refractivity contribution in [2.45, 2.75) is 6.92 Å². The van der Waals surface area contributed by atoms with Crippen molar-refractivity contribution in [3.8, 4) is 11.5 Å². The van der Waals surface area contributed by atoms with Gasteiger partial charge in [-0.05, 0) is 55.0 Å². The third kappa shape index (κ3) is 5.31. The van der Waals surface area contributed by atoms with Crippen molar-refractivity contribution >= 4 is 40.6 Å². The second kappa shape index (κ2) is 9.62. The van der Waals surface area contributed by atoms with Gasteiger partial charge < -0.3 is 25.0 Å². The molecule has 32 heavy (non-hydrogen) atoms. The van der Waals surface area contributed by atoms with Crippen LogP contribution in [0.15, 0.2) is 66.7 Å². The molecule has 0 aromatic heterocycles. The van der Waals surface area contributed by atoms with Gasteiger partial charge in [-0.1, -0.05) is 29.8 Å². The van der Waals surface area contributed by atoms with Crippen LogP contribution in [-0.4, -0.2) is 31.7 Å². The average Bonchev–Trinajstić information content (AvgIpc) is 2.75. The molecule has 4 rings (SSSR count). The van der Waals surface area contributed by atoms with Gasteiger partial charge >= 0.3 is 6.03 Å². The number of anilines is 3. The maximum Gasteiger partial charge on any atom is 0.323 e. The van der Waals surface area contributed by atoms with E-state index in [4.69, 9.17) is 21.1 Å². The molecule has 0 fully saturated rings. The van der Waals surface area contributed by atoms with Gasteiger partial charge in [0.2, 0.25) is 0 Å². The summed E-state index contributed by atoms with van der Waals surface area (Å²) < 4.78 is 11.4. The molecule has 3 amide bonds. The summed E-state index contributed by atoms with van der Waals surface area (Å²) in [6, 6.07) is 19.4. The van der Waals surface area contributed by atoms with Crippen LogP contribution in [0.4, 0.5) is 21.9 Å². The number of amides is 3. The molecule has 0 spiro atoms. The summed E-state index contributed by atoms with van der Waals surface area (Å²) in [5, 5.41) is 6.00. The van der Waals surface area contributed by atoms with E-state index in [9.17, 15) is 9.59 Å². The summed E-state index contributed by atoms with van der Waals surface area (Å²) >= 11 is 5.94. The number of hydrogen-bond donors (Lipinski definition) is 2. The van der Waals surface area contributed by atoms with Gasteiger partial charge in [-0.2, -0.15) is 0 Å². The SMILES string of the molecule is Cc1cccc(OCCN2C(=O)COc3cc(NC(=O)Nc4cccc(Cl)c4)ccc32)c1. The van der Waals surface area contributed by atoms with Crippen molar-refractivity contribution in [1.82, 2.24) is 0 Å². The summed E-state index contributed by atoms with van der Waals surface area (Å²) in [4.78, 5) is 26.3. The average molecular weight is 452 g/mol. The summed E-state index contributed by atoms with van der Waals surface area (Å²) in [6.07, 6.45) is 0. The summed E-state index contributed by atoms with van der Waals surface area (Å²) in [6.45, 7) is 2.65. The molecule has 0 atom stereocenters. The van der Waals surface area contributed by atoms with Crippen LogP contribution in [0.3, 0.4) is 0 Å². The number of nitrogens with zero attached hydrogens (tertiary/aromatic N) is 1. The summed E-state index contributed by atoms with van der Waals surface area (Å²) in [5.74, 6) is 1.13. The fourth-order valence-electron chi connectivity index (χ4n) is 3.35. The Bertz CT molecular complexity index is 1150. The van der Waals surface area contributed by atoms with E-state index in [1.807, 2.05) is 31.2 Å². The highest BCUT2D eigenvalue weighted by Gasteiger charge is 2.25. The van der Waals surface area contributed by atoms with E-state index in [1.165, 1.54) is 0 Å². The molecule has 0 unspecified atom stereocenters. The lowest BCUT2D eigenvalue weighted by atomic mass is 10.2. The van der Waals surface area contributed by atoms with Gasteiger partial charge in [-0.25, -0.2) is 4.79 Å². The van der Waals surface area contributed by atoms with Crippen molar-refractivity contribution in [3.05, 3.63) is 77.3 Å². The molecule has 8 heteroatoms. The molecule has 1 aliphatic heterocycles. The van der Waals surface area contributed by atoms with Gasteiger partial charge in [0.1, 0.15) is 18.1 Å². The minimum atomic E-state index is -0.414. The van der Waals surface area contributed by atoms with Crippen LogP contribution in [0.1, 0.15) is 5.56 Å². The predicted molar refractivity (Wildman–Crippen MR) is 125 cm³/mol. The number of ether oxygens (including phenoxy) is 2. The normalized spacial score (nSPS) is 12.6. The van der Waals surface area contributed by atoms with Gasteiger partial charge in [0, 0.05) is 22.5 Å². The molecule has 3 aromatic rings. The minimum absolute atomic E-state index is 0.0738. The van der Waals surface area contributed by atoms with Crippen LogP contribution in [0.25, 0.3) is 0 Å². The van der Waals surface area contributed by atoms with E-state index in [0.29, 0.717) is 41.0 Å². The first kappa shape index (κ1) is 21.5. The second-order valence-corrected chi connectivity index (χ2v) is 7.71. The largest absolute Gasteiger partial charge is 0.492 e. The quantitative estimate of drug-likeness (QED) is 0.546. The van der Waals surface area contributed by atoms with Gasteiger partial charge in [-0.15, -0.1) is 0 Å². The molecule has 3 aromatic carbocycles. The van der Waals surface area contributed by atoms with Crippen LogP contribution in [0, 0.1) is 6.92 Å². The Morgan fingerprint density at radius 2 is 1.84 bits per heavy atom. The molecule has 1 heterocycles. The Morgan fingerprint density at radius 3 is 2.62 bits per heavy atom. The Balaban J connectivity index is 1.40. The molecule has 2 N–H and O–H groups in total. The Hall–Kier alpha value is -3.71. The zero-order chi connectivity index (χ0) is 22.5. The number of halogens is 1. The van der Waals surface area contributed by atoms with Crippen molar-refractivity contribution in [3.63, 3.8) is 0 Å². The summed E-state index contributed by atoms with van der Waals surface area (Å²) in [7, 11) is 0. The highest BCUT2D eigenvalue weighted by molar-refractivity contribution is 6.30. The van der Waals surface area contributed by atoms with E-state index in [1.54, 1.807) is 47.4 Å².